The van der Waals surface area contributed by atoms with Crippen LogP contribution in [-0.4, -0.2) is 37.6 Å². The van der Waals surface area contributed by atoms with Crippen LogP contribution >= 0.6 is 12.2 Å². The summed E-state index contributed by atoms with van der Waals surface area (Å²) in [4.78, 5) is 26.4. The molecule has 0 saturated carbocycles. The molecule has 1 atom stereocenters. The number of carbonyl (C=O) groups excluding carboxylic acids is 2. The number of nitrogens with zero attached hydrogens (tertiary/aromatic N) is 3. The van der Waals surface area contributed by atoms with Crippen molar-refractivity contribution in [3.63, 3.8) is 0 Å². The van der Waals surface area contributed by atoms with Crippen LogP contribution in [0.15, 0.2) is 48.3 Å². The minimum absolute atomic E-state index is 0.0570. The number of rotatable bonds is 4. The van der Waals surface area contributed by atoms with Crippen molar-refractivity contribution < 1.29 is 9.59 Å². The van der Waals surface area contributed by atoms with Crippen molar-refractivity contribution >= 4 is 35.2 Å². The fraction of sp³-hybridized carbons (Fsp3) is 0.222. The summed E-state index contributed by atoms with van der Waals surface area (Å²) >= 11 is 5.14. The van der Waals surface area contributed by atoms with Gasteiger partial charge in [0.2, 0.25) is 0 Å². The maximum atomic E-state index is 12.7. The van der Waals surface area contributed by atoms with Gasteiger partial charge in [-0.05, 0) is 43.8 Å². The molecule has 0 unspecified atom stereocenters. The third kappa shape index (κ3) is 3.36. The average Bonchev–Trinajstić information content (AvgIpc) is 3.07. The second kappa shape index (κ2) is 6.98. The Labute approximate surface area is 151 Å². The van der Waals surface area contributed by atoms with E-state index in [-0.39, 0.29) is 22.6 Å². The van der Waals surface area contributed by atoms with Gasteiger partial charge in [0.1, 0.15) is 5.57 Å². The second-order valence-electron chi connectivity index (χ2n) is 5.80. The number of carbonyl (C=O) groups is 2. The molecule has 1 aromatic carbocycles. The number of amides is 2. The van der Waals surface area contributed by atoms with Gasteiger partial charge in [-0.25, -0.2) is 4.68 Å². The molecule has 1 aliphatic heterocycles. The molecule has 25 heavy (non-hydrogen) atoms. The Kier molecular flexibility index (Phi) is 4.76. The van der Waals surface area contributed by atoms with Crippen molar-refractivity contribution in [3.05, 3.63) is 53.9 Å². The number of hydrogen-bond acceptors (Lipinski definition) is 4. The maximum Gasteiger partial charge on any atom is 0.265 e. The molecule has 1 aliphatic rings. The van der Waals surface area contributed by atoms with Crippen molar-refractivity contribution in [1.82, 2.24) is 20.0 Å². The molecule has 1 fully saturated rings. The van der Waals surface area contributed by atoms with Gasteiger partial charge in [0.05, 0.1) is 11.9 Å². The third-order valence-corrected chi connectivity index (χ3v) is 4.40. The quantitative estimate of drug-likeness (QED) is 0.520. The Morgan fingerprint density at radius 3 is 2.68 bits per heavy atom. The number of aromatic nitrogens is 2. The van der Waals surface area contributed by atoms with Gasteiger partial charge in [0.25, 0.3) is 11.8 Å². The zero-order valence-corrected chi connectivity index (χ0v) is 14.8. The van der Waals surface area contributed by atoms with Crippen LogP contribution in [0.2, 0.25) is 0 Å². The molecular formula is C18H18N4O2S. The summed E-state index contributed by atoms with van der Waals surface area (Å²) in [7, 11) is 0. The van der Waals surface area contributed by atoms with E-state index < -0.39 is 5.91 Å². The number of hydrogen-bond donors (Lipinski definition) is 1. The lowest BCUT2D eigenvalue weighted by molar-refractivity contribution is -0.130. The van der Waals surface area contributed by atoms with Gasteiger partial charge >= 0.3 is 0 Å². The fourth-order valence-electron chi connectivity index (χ4n) is 2.55. The van der Waals surface area contributed by atoms with Crippen molar-refractivity contribution in [2.75, 3.05) is 0 Å². The zero-order chi connectivity index (χ0) is 18.0. The first kappa shape index (κ1) is 17.0. The summed E-state index contributed by atoms with van der Waals surface area (Å²) in [5.41, 5.74) is 1.62. The highest BCUT2D eigenvalue weighted by Crippen LogP contribution is 2.18. The molecule has 1 N–H and O–H groups in total. The van der Waals surface area contributed by atoms with E-state index in [1.807, 2.05) is 44.2 Å². The van der Waals surface area contributed by atoms with Crippen LogP contribution in [0.25, 0.3) is 11.8 Å². The summed E-state index contributed by atoms with van der Waals surface area (Å²) < 4.78 is 1.69. The topological polar surface area (TPSA) is 67.2 Å². The third-order valence-electron chi connectivity index (χ3n) is 4.10. The molecule has 128 valence electrons. The Bertz CT molecular complexity index is 857. The largest absolute Gasteiger partial charge is 0.298 e. The van der Waals surface area contributed by atoms with Crippen LogP contribution in [0.3, 0.4) is 0 Å². The average molecular weight is 354 g/mol. The monoisotopic (exact) mass is 354 g/mol. The van der Waals surface area contributed by atoms with E-state index in [4.69, 9.17) is 12.2 Å². The lowest BCUT2D eigenvalue weighted by Crippen LogP contribution is -2.56. The van der Waals surface area contributed by atoms with Gasteiger partial charge in [0, 0.05) is 17.8 Å². The summed E-state index contributed by atoms with van der Waals surface area (Å²) in [6.07, 6.45) is 5.66. The molecule has 0 spiro atoms. The lowest BCUT2D eigenvalue weighted by atomic mass is 10.1. The molecule has 0 radical (unpaired) electrons. The first-order chi connectivity index (χ1) is 12.0. The fourth-order valence-corrected chi connectivity index (χ4v) is 2.91. The van der Waals surface area contributed by atoms with Crippen molar-refractivity contribution in [2.24, 2.45) is 0 Å². The van der Waals surface area contributed by atoms with Crippen molar-refractivity contribution in [1.29, 1.82) is 0 Å². The molecule has 0 aliphatic carbocycles. The molecule has 2 amide bonds. The van der Waals surface area contributed by atoms with Gasteiger partial charge in [-0.3, -0.25) is 19.8 Å². The zero-order valence-electron chi connectivity index (χ0n) is 14.0. The Morgan fingerprint density at radius 1 is 1.28 bits per heavy atom. The van der Waals surface area contributed by atoms with Gasteiger partial charge in [-0.1, -0.05) is 25.1 Å². The molecule has 7 heteroatoms. The first-order valence-corrected chi connectivity index (χ1v) is 8.42. The van der Waals surface area contributed by atoms with E-state index in [1.165, 1.54) is 4.90 Å². The van der Waals surface area contributed by atoms with Crippen LogP contribution < -0.4 is 5.32 Å². The van der Waals surface area contributed by atoms with Gasteiger partial charge in [-0.2, -0.15) is 5.10 Å². The van der Waals surface area contributed by atoms with Crippen molar-refractivity contribution in [3.8, 4) is 5.69 Å². The highest BCUT2D eigenvalue weighted by Gasteiger charge is 2.35. The summed E-state index contributed by atoms with van der Waals surface area (Å²) in [6, 6.07) is 9.51. The van der Waals surface area contributed by atoms with Gasteiger partial charge in [-0.15, -0.1) is 0 Å². The minimum atomic E-state index is -0.484. The molecule has 1 saturated heterocycles. The van der Waals surface area contributed by atoms with Crippen LogP contribution in [0.1, 0.15) is 25.8 Å². The van der Waals surface area contributed by atoms with Crippen LogP contribution in [-0.2, 0) is 9.59 Å². The SMILES string of the molecule is CC[C@@H](C)N1C(=O)/C(=C\c2cnn(-c3ccccc3)c2)C(=O)NC1=S. The van der Waals surface area contributed by atoms with E-state index >= 15 is 0 Å². The molecular weight excluding hydrogens is 336 g/mol. The molecule has 6 nitrogen and oxygen atoms in total. The molecule has 0 bridgehead atoms. The van der Waals surface area contributed by atoms with Gasteiger partial charge < -0.3 is 0 Å². The maximum absolute atomic E-state index is 12.7. The van der Waals surface area contributed by atoms with E-state index in [9.17, 15) is 9.59 Å². The molecule has 2 heterocycles. The number of nitrogens with one attached hydrogen (secondary N) is 1. The summed E-state index contributed by atoms with van der Waals surface area (Å²) in [5.74, 6) is -0.863. The number of thiocarbonyl (C=S) groups is 1. The number of para-hydroxylation sites is 1. The Hall–Kier alpha value is -2.80. The Morgan fingerprint density at radius 2 is 2.00 bits per heavy atom. The van der Waals surface area contributed by atoms with E-state index in [1.54, 1.807) is 23.2 Å². The smallest absolute Gasteiger partial charge is 0.265 e. The second-order valence-corrected chi connectivity index (χ2v) is 6.19. The predicted molar refractivity (Wildman–Crippen MR) is 98.9 cm³/mol. The lowest BCUT2D eigenvalue weighted by Gasteiger charge is -2.33. The van der Waals surface area contributed by atoms with Crippen molar-refractivity contribution in [2.45, 2.75) is 26.3 Å². The molecule has 2 aromatic rings. The Balaban J connectivity index is 1.92. The normalized spacial score (nSPS) is 17.8. The highest BCUT2D eigenvalue weighted by molar-refractivity contribution is 7.80. The minimum Gasteiger partial charge on any atom is -0.298 e. The summed E-state index contributed by atoms with van der Waals surface area (Å²) in [5, 5.41) is 7.02. The van der Waals surface area contributed by atoms with E-state index in [0.29, 0.717) is 5.56 Å². The standard InChI is InChI=1S/C18H18N4O2S/c1-3-12(2)22-17(24)15(16(23)20-18(22)25)9-13-10-19-21(11-13)14-7-5-4-6-8-14/h4-12H,3H2,1-2H3,(H,20,23,25)/b15-9-/t12-/m1/s1. The van der Waals surface area contributed by atoms with Crippen LogP contribution in [0.4, 0.5) is 0 Å². The van der Waals surface area contributed by atoms with E-state index in [2.05, 4.69) is 10.4 Å². The first-order valence-electron chi connectivity index (χ1n) is 8.02. The summed E-state index contributed by atoms with van der Waals surface area (Å²) in [6.45, 7) is 3.86. The predicted octanol–water partition coefficient (Wildman–Crippen LogP) is 2.30. The molecule has 1 aromatic heterocycles. The number of benzene rings is 1. The van der Waals surface area contributed by atoms with Crippen LogP contribution in [0.5, 0.6) is 0 Å². The molecule has 3 rings (SSSR count). The highest BCUT2D eigenvalue weighted by atomic mass is 32.1. The van der Waals surface area contributed by atoms with Crippen LogP contribution in [0, 0.1) is 0 Å². The van der Waals surface area contributed by atoms with E-state index in [0.717, 1.165) is 12.1 Å². The van der Waals surface area contributed by atoms with Gasteiger partial charge in [0.15, 0.2) is 5.11 Å².